The second kappa shape index (κ2) is 8.99. The Morgan fingerprint density at radius 2 is 1.84 bits per heavy atom. The van der Waals surface area contributed by atoms with Gasteiger partial charge in [0.15, 0.2) is 0 Å². The van der Waals surface area contributed by atoms with Gasteiger partial charge in [0.25, 0.3) is 0 Å². The van der Waals surface area contributed by atoms with E-state index in [2.05, 4.69) is 0 Å². The molecule has 106 valence electrons. The molecule has 0 amide bonds. The standard InChI is InChI=1S/C12H19BClNO4/c1-15-9-11(16)18-13(19-12(17)10-15)7-5-3-2-4-6-8-14/h3,5H,2,4,6-10H2,1H3/b5-3+. The van der Waals surface area contributed by atoms with E-state index in [1.165, 1.54) is 0 Å². The van der Waals surface area contributed by atoms with E-state index in [4.69, 9.17) is 20.9 Å². The normalized spacial score (nSPS) is 18.1. The van der Waals surface area contributed by atoms with Gasteiger partial charge >= 0.3 is 19.1 Å². The second-order valence-corrected chi connectivity index (χ2v) is 4.85. The number of carbonyl (C=O) groups excluding carboxylic acids is 2. The highest BCUT2D eigenvalue weighted by Crippen LogP contribution is 2.06. The summed E-state index contributed by atoms with van der Waals surface area (Å²) in [7, 11) is 0.859. The van der Waals surface area contributed by atoms with Crippen LogP contribution in [-0.2, 0) is 18.9 Å². The smallest absolute Gasteiger partial charge is 0.498 e. The summed E-state index contributed by atoms with van der Waals surface area (Å²) in [6.45, 7) is 0.204. The van der Waals surface area contributed by atoms with Crippen LogP contribution in [0.3, 0.4) is 0 Å². The molecule has 1 rings (SSSR count). The summed E-state index contributed by atoms with van der Waals surface area (Å²) in [5, 5.41) is 0. The summed E-state index contributed by atoms with van der Waals surface area (Å²) in [4.78, 5) is 24.4. The monoisotopic (exact) mass is 287 g/mol. The van der Waals surface area contributed by atoms with Crippen molar-refractivity contribution in [3.8, 4) is 0 Å². The molecule has 0 aromatic carbocycles. The van der Waals surface area contributed by atoms with Crippen LogP contribution in [0.15, 0.2) is 12.2 Å². The van der Waals surface area contributed by atoms with Crippen molar-refractivity contribution in [2.24, 2.45) is 0 Å². The van der Waals surface area contributed by atoms with Crippen LogP contribution in [0.5, 0.6) is 0 Å². The van der Waals surface area contributed by atoms with Gasteiger partial charge in [-0.2, -0.15) is 0 Å². The largest absolute Gasteiger partial charge is 0.602 e. The van der Waals surface area contributed by atoms with Gasteiger partial charge in [-0.3, -0.25) is 14.5 Å². The van der Waals surface area contributed by atoms with Crippen molar-refractivity contribution in [2.75, 3.05) is 26.0 Å². The molecule has 7 heteroatoms. The van der Waals surface area contributed by atoms with Gasteiger partial charge < -0.3 is 9.31 Å². The topological polar surface area (TPSA) is 55.8 Å². The third-order valence-electron chi connectivity index (χ3n) is 2.57. The Labute approximate surface area is 119 Å². The van der Waals surface area contributed by atoms with Gasteiger partial charge in [-0.05, 0) is 26.3 Å². The van der Waals surface area contributed by atoms with Crippen LogP contribution in [0, 0.1) is 0 Å². The molecule has 0 bridgehead atoms. The van der Waals surface area contributed by atoms with Crippen molar-refractivity contribution in [1.82, 2.24) is 4.90 Å². The fourth-order valence-electron chi connectivity index (χ4n) is 1.67. The van der Waals surface area contributed by atoms with Crippen molar-refractivity contribution < 1.29 is 18.9 Å². The van der Waals surface area contributed by atoms with Crippen molar-refractivity contribution >= 4 is 30.7 Å². The van der Waals surface area contributed by atoms with Crippen LogP contribution in [0.2, 0.25) is 6.32 Å². The molecule has 5 nitrogen and oxygen atoms in total. The third-order valence-corrected chi connectivity index (χ3v) is 2.84. The lowest BCUT2D eigenvalue weighted by Gasteiger charge is -2.21. The fourth-order valence-corrected chi connectivity index (χ4v) is 1.86. The first kappa shape index (κ1) is 16.1. The molecular weight excluding hydrogens is 268 g/mol. The lowest BCUT2D eigenvalue weighted by molar-refractivity contribution is -0.145. The van der Waals surface area contributed by atoms with Crippen LogP contribution in [0.25, 0.3) is 0 Å². The number of rotatable bonds is 6. The van der Waals surface area contributed by atoms with Gasteiger partial charge in [-0.25, -0.2) is 0 Å². The average molecular weight is 288 g/mol. The van der Waals surface area contributed by atoms with E-state index in [0.717, 1.165) is 19.3 Å². The Morgan fingerprint density at radius 3 is 2.42 bits per heavy atom. The predicted octanol–water partition coefficient (Wildman–Crippen LogP) is 1.47. The molecular formula is C12H19BClNO4. The summed E-state index contributed by atoms with van der Waals surface area (Å²) in [5.41, 5.74) is 0. The van der Waals surface area contributed by atoms with Gasteiger partial charge in [-0.1, -0.05) is 12.2 Å². The molecule has 0 aromatic rings. The molecule has 1 fully saturated rings. The first-order valence-electron chi connectivity index (χ1n) is 6.40. The quantitative estimate of drug-likeness (QED) is 0.320. The van der Waals surface area contributed by atoms with Crippen LogP contribution in [0.1, 0.15) is 19.3 Å². The van der Waals surface area contributed by atoms with E-state index in [-0.39, 0.29) is 25.0 Å². The van der Waals surface area contributed by atoms with Gasteiger partial charge in [0.05, 0.1) is 13.1 Å². The Morgan fingerprint density at radius 1 is 1.21 bits per heavy atom. The van der Waals surface area contributed by atoms with Gasteiger partial charge in [-0.15, -0.1) is 11.6 Å². The minimum atomic E-state index is -0.807. The van der Waals surface area contributed by atoms with E-state index >= 15 is 0 Å². The number of carbonyl (C=O) groups is 2. The SMILES string of the molecule is CN1CC(=O)OB(C/C=C/CCCCCl)OC(=O)C1. The van der Waals surface area contributed by atoms with E-state index in [1.54, 1.807) is 11.9 Å². The number of unbranched alkanes of at least 4 members (excludes halogenated alkanes) is 2. The summed E-state index contributed by atoms with van der Waals surface area (Å²) >= 11 is 5.57. The molecule has 1 aliphatic rings. The molecule has 1 aliphatic heterocycles. The molecule has 0 aliphatic carbocycles. The maximum absolute atomic E-state index is 11.4. The molecule has 0 saturated carbocycles. The summed E-state index contributed by atoms with van der Waals surface area (Å²) in [6, 6.07) is 0. The second-order valence-electron chi connectivity index (χ2n) is 4.47. The molecule has 1 saturated heterocycles. The Kier molecular flexibility index (Phi) is 7.59. The zero-order valence-corrected chi connectivity index (χ0v) is 11.9. The van der Waals surface area contributed by atoms with Crippen molar-refractivity contribution in [3.05, 3.63) is 12.2 Å². The lowest BCUT2D eigenvalue weighted by Crippen LogP contribution is -2.42. The maximum atomic E-state index is 11.4. The molecule has 19 heavy (non-hydrogen) atoms. The number of likely N-dealkylation sites (N-methyl/N-ethyl adjacent to an activating group) is 1. The zero-order valence-electron chi connectivity index (χ0n) is 11.1. The summed E-state index contributed by atoms with van der Waals surface area (Å²) in [5.74, 6) is -0.0924. The first-order valence-corrected chi connectivity index (χ1v) is 6.93. The van der Waals surface area contributed by atoms with Gasteiger partial charge in [0.2, 0.25) is 0 Å². The minimum Gasteiger partial charge on any atom is -0.498 e. The maximum Gasteiger partial charge on any atom is 0.602 e. The Hall–Kier alpha value is -1.01. The van der Waals surface area contributed by atoms with Crippen molar-refractivity contribution in [2.45, 2.75) is 25.6 Å². The number of alkyl halides is 1. The molecule has 0 radical (unpaired) electrons. The van der Waals surface area contributed by atoms with Crippen LogP contribution in [-0.4, -0.2) is 50.0 Å². The number of allylic oxidation sites excluding steroid dienone is 2. The van der Waals surface area contributed by atoms with Crippen molar-refractivity contribution in [3.63, 3.8) is 0 Å². The van der Waals surface area contributed by atoms with E-state index in [9.17, 15) is 9.59 Å². The predicted molar refractivity (Wildman–Crippen MR) is 74.0 cm³/mol. The Balaban J connectivity index is 2.34. The highest BCUT2D eigenvalue weighted by Gasteiger charge is 2.30. The van der Waals surface area contributed by atoms with Gasteiger partial charge in [0, 0.05) is 12.2 Å². The lowest BCUT2D eigenvalue weighted by atomic mass is 9.84. The number of halogens is 1. The van der Waals surface area contributed by atoms with Crippen molar-refractivity contribution in [1.29, 1.82) is 0 Å². The molecule has 0 spiro atoms. The molecule has 0 N–H and O–H groups in total. The molecule has 0 atom stereocenters. The zero-order chi connectivity index (χ0) is 14.1. The number of nitrogens with zero attached hydrogens (tertiary/aromatic N) is 1. The summed E-state index contributed by atoms with van der Waals surface area (Å²) < 4.78 is 10.1. The average Bonchev–Trinajstić information content (AvgIpc) is 2.31. The summed E-state index contributed by atoms with van der Waals surface area (Å²) in [6.07, 6.45) is 7.16. The van der Waals surface area contributed by atoms with Crippen LogP contribution >= 0.6 is 11.6 Å². The molecule has 1 heterocycles. The van der Waals surface area contributed by atoms with Crippen LogP contribution < -0.4 is 0 Å². The Bertz CT molecular complexity index is 318. The molecule has 0 unspecified atom stereocenters. The van der Waals surface area contributed by atoms with Crippen LogP contribution in [0.4, 0.5) is 0 Å². The highest BCUT2D eigenvalue weighted by atomic mass is 35.5. The first-order chi connectivity index (χ1) is 9.11. The van der Waals surface area contributed by atoms with Gasteiger partial charge in [0.1, 0.15) is 0 Å². The van der Waals surface area contributed by atoms with E-state index in [0.29, 0.717) is 12.2 Å². The number of hydrogen-bond acceptors (Lipinski definition) is 5. The number of hydrogen-bond donors (Lipinski definition) is 0. The van der Waals surface area contributed by atoms with E-state index < -0.39 is 7.12 Å². The fraction of sp³-hybridized carbons (Fsp3) is 0.667. The highest BCUT2D eigenvalue weighted by molar-refractivity contribution is 6.49. The minimum absolute atomic E-state index is 0.102. The van der Waals surface area contributed by atoms with E-state index in [1.807, 2.05) is 12.2 Å². The third kappa shape index (κ3) is 7.23. The molecule has 0 aromatic heterocycles.